The van der Waals surface area contributed by atoms with Gasteiger partial charge >= 0.3 is 0 Å². The van der Waals surface area contributed by atoms with Crippen LogP contribution < -0.4 is 10.2 Å². The monoisotopic (exact) mass is 347 g/mol. The van der Waals surface area contributed by atoms with E-state index in [1.165, 1.54) is 23.1 Å². The molecule has 2 aromatic rings. The minimum atomic E-state index is -0.549. The molecule has 1 aliphatic rings. The van der Waals surface area contributed by atoms with Gasteiger partial charge < -0.3 is 10.2 Å². The SMILES string of the molecule is Cc1cccnc1NC(=O)[C@@H]1CC(=O)N(c2ccc(F)c(Cl)c2)C1. The van der Waals surface area contributed by atoms with Gasteiger partial charge in [-0.1, -0.05) is 17.7 Å². The van der Waals surface area contributed by atoms with Gasteiger partial charge in [0.15, 0.2) is 0 Å². The van der Waals surface area contributed by atoms with Gasteiger partial charge in [0, 0.05) is 24.8 Å². The summed E-state index contributed by atoms with van der Waals surface area (Å²) in [6, 6.07) is 7.69. The highest BCUT2D eigenvalue weighted by molar-refractivity contribution is 6.31. The lowest BCUT2D eigenvalue weighted by molar-refractivity contribution is -0.122. The molecule has 5 nitrogen and oxygen atoms in total. The van der Waals surface area contributed by atoms with E-state index in [1.54, 1.807) is 12.3 Å². The molecule has 0 bridgehead atoms. The largest absolute Gasteiger partial charge is 0.312 e. The summed E-state index contributed by atoms with van der Waals surface area (Å²) in [5, 5.41) is 2.69. The van der Waals surface area contributed by atoms with Gasteiger partial charge in [0.2, 0.25) is 11.8 Å². The number of amides is 2. The maximum atomic E-state index is 13.3. The molecule has 1 aromatic heterocycles. The van der Waals surface area contributed by atoms with Gasteiger partial charge in [-0.2, -0.15) is 0 Å². The molecule has 3 rings (SSSR count). The quantitative estimate of drug-likeness (QED) is 0.927. The van der Waals surface area contributed by atoms with Crippen molar-refractivity contribution >= 4 is 34.9 Å². The molecule has 1 fully saturated rings. The van der Waals surface area contributed by atoms with Crippen molar-refractivity contribution in [3.05, 3.63) is 52.9 Å². The Morgan fingerprint density at radius 2 is 2.21 bits per heavy atom. The number of aromatic nitrogens is 1. The number of rotatable bonds is 3. The van der Waals surface area contributed by atoms with Crippen LogP contribution in [0, 0.1) is 18.7 Å². The lowest BCUT2D eigenvalue weighted by atomic mass is 10.1. The topological polar surface area (TPSA) is 62.3 Å². The van der Waals surface area contributed by atoms with Gasteiger partial charge in [-0.3, -0.25) is 9.59 Å². The summed E-state index contributed by atoms with van der Waals surface area (Å²) in [5.41, 5.74) is 1.33. The first kappa shape index (κ1) is 16.4. The fourth-order valence-electron chi connectivity index (χ4n) is 2.62. The van der Waals surface area contributed by atoms with Crippen molar-refractivity contribution in [3.8, 4) is 0 Å². The number of halogens is 2. The Morgan fingerprint density at radius 1 is 1.42 bits per heavy atom. The third kappa shape index (κ3) is 3.23. The van der Waals surface area contributed by atoms with E-state index in [4.69, 9.17) is 11.6 Å². The van der Waals surface area contributed by atoms with Crippen molar-refractivity contribution in [2.75, 3.05) is 16.8 Å². The molecule has 0 aliphatic carbocycles. The fourth-order valence-corrected chi connectivity index (χ4v) is 2.80. The number of nitrogens with one attached hydrogen (secondary N) is 1. The van der Waals surface area contributed by atoms with E-state index >= 15 is 0 Å². The van der Waals surface area contributed by atoms with Gasteiger partial charge in [-0.05, 0) is 36.8 Å². The molecular formula is C17H15ClFN3O2. The van der Waals surface area contributed by atoms with Crippen LogP contribution in [0.4, 0.5) is 15.9 Å². The van der Waals surface area contributed by atoms with Crippen molar-refractivity contribution in [1.82, 2.24) is 4.98 Å². The number of carbonyl (C=O) groups is 2. The minimum absolute atomic E-state index is 0.0580. The Bertz CT molecular complexity index is 812. The molecule has 1 atom stereocenters. The van der Waals surface area contributed by atoms with Gasteiger partial charge in [-0.15, -0.1) is 0 Å². The standard InChI is InChI=1S/C17H15ClFN3O2/c1-10-3-2-6-20-16(10)21-17(24)11-7-15(23)22(9-11)12-4-5-14(19)13(18)8-12/h2-6,8,11H,7,9H2,1H3,(H,20,21,24)/t11-/m1/s1. The Labute approximate surface area is 143 Å². The highest BCUT2D eigenvalue weighted by Gasteiger charge is 2.35. The van der Waals surface area contributed by atoms with Crippen LogP contribution in [0.2, 0.25) is 5.02 Å². The van der Waals surface area contributed by atoms with Crippen molar-refractivity contribution in [3.63, 3.8) is 0 Å². The van der Waals surface area contributed by atoms with E-state index in [2.05, 4.69) is 10.3 Å². The zero-order valence-electron chi connectivity index (χ0n) is 12.9. The van der Waals surface area contributed by atoms with E-state index in [1.807, 2.05) is 13.0 Å². The predicted molar refractivity (Wildman–Crippen MR) is 89.5 cm³/mol. The second-order valence-corrected chi connectivity index (χ2v) is 6.07. The lowest BCUT2D eigenvalue weighted by Crippen LogP contribution is -2.28. The number of benzene rings is 1. The van der Waals surface area contributed by atoms with Gasteiger partial charge in [0.1, 0.15) is 11.6 Å². The molecule has 2 heterocycles. The molecule has 124 valence electrons. The summed E-state index contributed by atoms with van der Waals surface area (Å²) in [6.07, 6.45) is 1.68. The number of hydrogen-bond acceptors (Lipinski definition) is 3. The Morgan fingerprint density at radius 3 is 2.92 bits per heavy atom. The number of pyridine rings is 1. The van der Waals surface area contributed by atoms with E-state index in [-0.39, 0.29) is 29.8 Å². The average molecular weight is 348 g/mol. The van der Waals surface area contributed by atoms with E-state index in [0.29, 0.717) is 11.5 Å². The zero-order chi connectivity index (χ0) is 17.3. The molecule has 1 N–H and O–H groups in total. The van der Waals surface area contributed by atoms with Crippen LogP contribution in [0.25, 0.3) is 0 Å². The number of anilines is 2. The minimum Gasteiger partial charge on any atom is -0.312 e. The maximum Gasteiger partial charge on any atom is 0.230 e. The van der Waals surface area contributed by atoms with Crippen LogP contribution in [-0.4, -0.2) is 23.3 Å². The van der Waals surface area contributed by atoms with Crippen LogP contribution >= 0.6 is 11.6 Å². The van der Waals surface area contributed by atoms with Crippen molar-refractivity contribution in [2.24, 2.45) is 5.92 Å². The second kappa shape index (κ2) is 6.57. The fraction of sp³-hybridized carbons (Fsp3) is 0.235. The first-order chi connectivity index (χ1) is 11.5. The molecule has 2 amide bonds. The highest BCUT2D eigenvalue weighted by Crippen LogP contribution is 2.29. The predicted octanol–water partition coefficient (Wildman–Crippen LogP) is 3.17. The van der Waals surface area contributed by atoms with Gasteiger partial charge in [-0.25, -0.2) is 9.37 Å². The van der Waals surface area contributed by atoms with Crippen LogP contribution in [0.15, 0.2) is 36.5 Å². The molecule has 1 saturated heterocycles. The van der Waals surface area contributed by atoms with Gasteiger partial charge in [0.05, 0.1) is 10.9 Å². The first-order valence-electron chi connectivity index (χ1n) is 7.43. The summed E-state index contributed by atoms with van der Waals surface area (Å²) < 4.78 is 13.3. The molecule has 0 spiro atoms. The summed E-state index contributed by atoms with van der Waals surface area (Å²) in [4.78, 5) is 30.2. The summed E-state index contributed by atoms with van der Waals surface area (Å²) >= 11 is 5.76. The first-order valence-corrected chi connectivity index (χ1v) is 7.81. The van der Waals surface area contributed by atoms with Gasteiger partial charge in [0.25, 0.3) is 0 Å². The maximum absolute atomic E-state index is 13.3. The molecule has 24 heavy (non-hydrogen) atoms. The second-order valence-electron chi connectivity index (χ2n) is 5.66. The van der Waals surface area contributed by atoms with Crippen LogP contribution in [0.1, 0.15) is 12.0 Å². The molecule has 1 aromatic carbocycles. The molecule has 0 unspecified atom stereocenters. The Kier molecular flexibility index (Phi) is 4.49. The average Bonchev–Trinajstić information content (AvgIpc) is 2.94. The summed E-state index contributed by atoms with van der Waals surface area (Å²) in [6.45, 7) is 2.06. The molecule has 7 heteroatoms. The van der Waals surface area contributed by atoms with Crippen molar-refractivity contribution in [1.29, 1.82) is 0 Å². The highest BCUT2D eigenvalue weighted by atomic mass is 35.5. The van der Waals surface area contributed by atoms with E-state index < -0.39 is 11.7 Å². The van der Waals surface area contributed by atoms with E-state index in [9.17, 15) is 14.0 Å². The smallest absolute Gasteiger partial charge is 0.230 e. The van der Waals surface area contributed by atoms with Crippen LogP contribution in [0.5, 0.6) is 0 Å². The Hall–Kier alpha value is -2.47. The van der Waals surface area contributed by atoms with Crippen molar-refractivity contribution in [2.45, 2.75) is 13.3 Å². The third-order valence-electron chi connectivity index (χ3n) is 3.96. The van der Waals surface area contributed by atoms with Crippen LogP contribution in [-0.2, 0) is 9.59 Å². The summed E-state index contributed by atoms with van der Waals surface area (Å²) in [7, 11) is 0. The molecular weight excluding hydrogens is 333 g/mol. The normalized spacial score (nSPS) is 17.2. The summed E-state index contributed by atoms with van der Waals surface area (Å²) in [5.74, 6) is -1.02. The number of aryl methyl sites for hydroxylation is 1. The third-order valence-corrected chi connectivity index (χ3v) is 4.25. The van der Waals surface area contributed by atoms with E-state index in [0.717, 1.165) is 5.56 Å². The molecule has 0 saturated carbocycles. The molecule has 1 aliphatic heterocycles. The van der Waals surface area contributed by atoms with Crippen LogP contribution in [0.3, 0.4) is 0 Å². The van der Waals surface area contributed by atoms with Crippen molar-refractivity contribution < 1.29 is 14.0 Å². The zero-order valence-corrected chi connectivity index (χ0v) is 13.7. The Balaban J connectivity index is 1.73. The lowest BCUT2D eigenvalue weighted by Gasteiger charge is -2.17. The number of nitrogens with zero attached hydrogens (tertiary/aromatic N) is 2. The number of carbonyl (C=O) groups excluding carboxylic acids is 2. The number of hydrogen-bond donors (Lipinski definition) is 1. The molecule has 0 radical (unpaired) electrons.